The second-order valence-corrected chi connectivity index (χ2v) is 3.24. The molecule has 0 aromatic carbocycles. The first-order valence-electron chi connectivity index (χ1n) is 4.60. The third-order valence-electron chi connectivity index (χ3n) is 1.87. The first-order chi connectivity index (χ1) is 6.72. The highest BCUT2D eigenvalue weighted by molar-refractivity contribution is 5.78. The lowest BCUT2D eigenvalue weighted by atomic mass is 10.2. The van der Waals surface area contributed by atoms with E-state index in [-0.39, 0.29) is 11.9 Å². The summed E-state index contributed by atoms with van der Waals surface area (Å²) >= 11 is 0. The summed E-state index contributed by atoms with van der Waals surface area (Å²) in [6.07, 6.45) is 3.73. The van der Waals surface area contributed by atoms with E-state index in [0.717, 1.165) is 5.56 Å². The maximum absolute atomic E-state index is 11.4. The van der Waals surface area contributed by atoms with Gasteiger partial charge in [0.05, 0.1) is 6.42 Å². The van der Waals surface area contributed by atoms with Crippen molar-refractivity contribution in [1.82, 2.24) is 10.3 Å². The van der Waals surface area contributed by atoms with Crippen molar-refractivity contribution in [2.75, 3.05) is 6.54 Å². The van der Waals surface area contributed by atoms with Crippen molar-refractivity contribution in [1.29, 1.82) is 0 Å². The van der Waals surface area contributed by atoms with Crippen LogP contribution in [0.1, 0.15) is 12.5 Å². The van der Waals surface area contributed by atoms with E-state index in [0.29, 0.717) is 13.0 Å². The third-order valence-corrected chi connectivity index (χ3v) is 1.87. The van der Waals surface area contributed by atoms with Crippen LogP contribution < -0.4 is 11.1 Å². The fourth-order valence-electron chi connectivity index (χ4n) is 1.07. The third kappa shape index (κ3) is 3.53. The monoisotopic (exact) mass is 193 g/mol. The number of carbonyl (C=O) groups is 1. The van der Waals surface area contributed by atoms with Crippen LogP contribution >= 0.6 is 0 Å². The Labute approximate surface area is 83.5 Å². The smallest absolute Gasteiger partial charge is 0.224 e. The van der Waals surface area contributed by atoms with Gasteiger partial charge < -0.3 is 11.1 Å². The molecule has 1 heterocycles. The molecule has 0 saturated heterocycles. The van der Waals surface area contributed by atoms with Gasteiger partial charge >= 0.3 is 0 Å². The molecule has 0 fully saturated rings. The molecule has 0 aliphatic heterocycles. The van der Waals surface area contributed by atoms with Gasteiger partial charge in [0.25, 0.3) is 0 Å². The van der Waals surface area contributed by atoms with Crippen molar-refractivity contribution in [3.05, 3.63) is 30.1 Å². The van der Waals surface area contributed by atoms with E-state index >= 15 is 0 Å². The van der Waals surface area contributed by atoms with Crippen LogP contribution in [0.5, 0.6) is 0 Å². The van der Waals surface area contributed by atoms with E-state index in [9.17, 15) is 4.79 Å². The maximum Gasteiger partial charge on any atom is 0.224 e. The van der Waals surface area contributed by atoms with Gasteiger partial charge in [-0.05, 0) is 24.6 Å². The summed E-state index contributed by atoms with van der Waals surface area (Å²) in [5.74, 6) is -0.00542. The van der Waals surface area contributed by atoms with Crippen LogP contribution in [0.3, 0.4) is 0 Å². The van der Waals surface area contributed by atoms with Gasteiger partial charge in [0.1, 0.15) is 0 Å². The van der Waals surface area contributed by atoms with Crippen LogP contribution in [0.25, 0.3) is 0 Å². The number of carbonyl (C=O) groups excluding carboxylic acids is 1. The van der Waals surface area contributed by atoms with Crippen LogP contribution in [-0.2, 0) is 11.2 Å². The highest BCUT2D eigenvalue weighted by Gasteiger charge is 2.05. The van der Waals surface area contributed by atoms with Gasteiger partial charge in [0.2, 0.25) is 5.91 Å². The highest BCUT2D eigenvalue weighted by Crippen LogP contribution is 1.97. The topological polar surface area (TPSA) is 68.0 Å². The molecule has 0 saturated carbocycles. The summed E-state index contributed by atoms with van der Waals surface area (Å²) in [5.41, 5.74) is 6.35. The molecule has 1 amide bonds. The Kier molecular flexibility index (Phi) is 4.07. The van der Waals surface area contributed by atoms with Crippen molar-refractivity contribution in [2.45, 2.75) is 19.4 Å². The average Bonchev–Trinajstić information content (AvgIpc) is 2.19. The molecule has 76 valence electrons. The van der Waals surface area contributed by atoms with Crippen LogP contribution in [0.15, 0.2) is 24.5 Å². The van der Waals surface area contributed by atoms with Gasteiger partial charge in [-0.3, -0.25) is 9.78 Å². The van der Waals surface area contributed by atoms with E-state index in [1.807, 2.05) is 19.1 Å². The minimum Gasteiger partial charge on any atom is -0.352 e. The highest BCUT2D eigenvalue weighted by atomic mass is 16.1. The number of hydrogen-bond donors (Lipinski definition) is 2. The summed E-state index contributed by atoms with van der Waals surface area (Å²) in [6.45, 7) is 2.34. The molecule has 4 heteroatoms. The van der Waals surface area contributed by atoms with Crippen molar-refractivity contribution in [3.63, 3.8) is 0 Å². The van der Waals surface area contributed by atoms with Crippen LogP contribution in [0.4, 0.5) is 0 Å². The molecule has 4 nitrogen and oxygen atoms in total. The van der Waals surface area contributed by atoms with Crippen molar-refractivity contribution in [2.24, 2.45) is 5.73 Å². The van der Waals surface area contributed by atoms with Gasteiger partial charge in [0, 0.05) is 25.0 Å². The lowest BCUT2D eigenvalue weighted by molar-refractivity contribution is -0.120. The SMILES string of the molecule is C[C@H](CN)NC(=O)Cc1ccncc1. The standard InChI is InChI=1S/C10H15N3O/c1-8(7-11)13-10(14)6-9-2-4-12-5-3-9/h2-5,8H,6-7,11H2,1H3,(H,13,14)/t8-/m1/s1. The summed E-state index contributed by atoms with van der Waals surface area (Å²) in [4.78, 5) is 15.3. The molecule has 0 radical (unpaired) electrons. The summed E-state index contributed by atoms with van der Waals surface area (Å²) in [5, 5.41) is 2.79. The zero-order chi connectivity index (χ0) is 10.4. The van der Waals surface area contributed by atoms with E-state index < -0.39 is 0 Å². The Morgan fingerprint density at radius 1 is 1.57 bits per heavy atom. The molecule has 1 aromatic rings. The van der Waals surface area contributed by atoms with Gasteiger partial charge in [-0.2, -0.15) is 0 Å². The van der Waals surface area contributed by atoms with Crippen molar-refractivity contribution in [3.8, 4) is 0 Å². The fourth-order valence-corrected chi connectivity index (χ4v) is 1.07. The predicted molar refractivity (Wildman–Crippen MR) is 54.6 cm³/mol. The van der Waals surface area contributed by atoms with Crippen molar-refractivity contribution >= 4 is 5.91 Å². The average molecular weight is 193 g/mol. The van der Waals surface area contributed by atoms with E-state index in [1.54, 1.807) is 12.4 Å². The normalized spacial score (nSPS) is 12.1. The van der Waals surface area contributed by atoms with Crippen LogP contribution in [0.2, 0.25) is 0 Å². The van der Waals surface area contributed by atoms with E-state index in [4.69, 9.17) is 5.73 Å². The number of hydrogen-bond acceptors (Lipinski definition) is 3. The Hall–Kier alpha value is -1.42. The van der Waals surface area contributed by atoms with Gasteiger partial charge in [-0.1, -0.05) is 0 Å². The van der Waals surface area contributed by atoms with Gasteiger partial charge in [0.15, 0.2) is 0 Å². The predicted octanol–water partition coefficient (Wildman–Crippen LogP) is 0.0875. The minimum absolute atomic E-state index is 0.00542. The summed E-state index contributed by atoms with van der Waals surface area (Å²) in [6, 6.07) is 3.68. The number of nitrogens with two attached hydrogens (primary N) is 1. The number of rotatable bonds is 4. The lowest BCUT2D eigenvalue weighted by Crippen LogP contribution is -2.38. The molecule has 1 atom stereocenters. The molecular weight excluding hydrogens is 178 g/mol. The second-order valence-electron chi connectivity index (χ2n) is 3.24. The van der Waals surface area contributed by atoms with Gasteiger partial charge in [-0.15, -0.1) is 0 Å². The zero-order valence-corrected chi connectivity index (χ0v) is 8.23. The first-order valence-corrected chi connectivity index (χ1v) is 4.60. The molecule has 1 aromatic heterocycles. The van der Waals surface area contributed by atoms with Crippen LogP contribution in [-0.4, -0.2) is 23.5 Å². The Morgan fingerprint density at radius 2 is 2.21 bits per heavy atom. The Morgan fingerprint density at radius 3 is 2.79 bits per heavy atom. The molecule has 1 rings (SSSR count). The molecule has 3 N–H and O–H groups in total. The summed E-state index contributed by atoms with van der Waals surface area (Å²) < 4.78 is 0. The molecule has 0 aliphatic carbocycles. The molecule has 0 bridgehead atoms. The largest absolute Gasteiger partial charge is 0.352 e. The quantitative estimate of drug-likeness (QED) is 0.712. The van der Waals surface area contributed by atoms with E-state index in [2.05, 4.69) is 10.3 Å². The number of nitrogens with one attached hydrogen (secondary N) is 1. The number of aromatic nitrogens is 1. The van der Waals surface area contributed by atoms with Crippen LogP contribution in [0, 0.1) is 0 Å². The second kappa shape index (κ2) is 5.34. The number of pyridine rings is 1. The summed E-state index contributed by atoms with van der Waals surface area (Å²) in [7, 11) is 0. The zero-order valence-electron chi connectivity index (χ0n) is 8.23. The minimum atomic E-state index is -0.00542. The molecule has 0 aliphatic rings. The molecule has 14 heavy (non-hydrogen) atoms. The molecular formula is C10H15N3O. The maximum atomic E-state index is 11.4. The van der Waals surface area contributed by atoms with Gasteiger partial charge in [-0.25, -0.2) is 0 Å². The number of amides is 1. The first kappa shape index (κ1) is 10.7. The Bertz CT molecular complexity index is 287. The molecule has 0 spiro atoms. The molecule has 0 unspecified atom stereocenters. The Balaban J connectivity index is 2.42. The lowest BCUT2D eigenvalue weighted by Gasteiger charge is -2.10. The fraction of sp³-hybridized carbons (Fsp3) is 0.400. The van der Waals surface area contributed by atoms with Crippen molar-refractivity contribution < 1.29 is 4.79 Å². The van der Waals surface area contributed by atoms with E-state index in [1.165, 1.54) is 0 Å². The number of nitrogens with zero attached hydrogens (tertiary/aromatic N) is 1.